The third-order valence-corrected chi connectivity index (χ3v) is 2.86. The molecule has 0 aliphatic rings. The van der Waals surface area contributed by atoms with Crippen molar-refractivity contribution in [3.05, 3.63) is 35.8 Å². The molecule has 1 amide bonds. The van der Waals surface area contributed by atoms with Gasteiger partial charge < -0.3 is 9.88 Å². The first-order valence-electron chi connectivity index (χ1n) is 6.13. The number of aromatic amines is 1. The zero-order valence-electron chi connectivity index (χ0n) is 10.9. The Labute approximate surface area is 106 Å². The van der Waals surface area contributed by atoms with Gasteiger partial charge in [0.1, 0.15) is 5.69 Å². The first-order chi connectivity index (χ1) is 8.61. The number of nitrogens with one attached hydrogen (secondary N) is 2. The van der Waals surface area contributed by atoms with Gasteiger partial charge in [0.2, 0.25) is 0 Å². The molecule has 0 saturated heterocycles. The van der Waals surface area contributed by atoms with Crippen molar-refractivity contribution < 1.29 is 4.79 Å². The van der Waals surface area contributed by atoms with E-state index in [1.54, 1.807) is 6.07 Å². The summed E-state index contributed by atoms with van der Waals surface area (Å²) in [5.74, 6) is 0.791. The van der Waals surface area contributed by atoms with Gasteiger partial charge in [-0.3, -0.25) is 9.89 Å². The van der Waals surface area contributed by atoms with Gasteiger partial charge in [0.25, 0.3) is 5.91 Å². The second kappa shape index (κ2) is 5.08. The van der Waals surface area contributed by atoms with Crippen molar-refractivity contribution in [1.82, 2.24) is 14.8 Å². The SMILES string of the molecule is CCn1cccc1C(=O)Nc1cc(C(C)C)[nH]n1. The monoisotopic (exact) mass is 246 g/mol. The Kier molecular flexibility index (Phi) is 3.50. The van der Waals surface area contributed by atoms with Crippen LogP contribution in [-0.2, 0) is 6.54 Å². The third-order valence-electron chi connectivity index (χ3n) is 2.86. The minimum atomic E-state index is -0.136. The molecule has 2 aromatic rings. The van der Waals surface area contributed by atoms with Crippen LogP contribution in [0, 0.1) is 0 Å². The lowest BCUT2D eigenvalue weighted by Gasteiger charge is -2.05. The zero-order chi connectivity index (χ0) is 13.1. The number of anilines is 1. The van der Waals surface area contributed by atoms with Crippen LogP contribution in [0.15, 0.2) is 24.4 Å². The van der Waals surface area contributed by atoms with E-state index < -0.39 is 0 Å². The van der Waals surface area contributed by atoms with Crippen LogP contribution in [0.5, 0.6) is 0 Å². The van der Waals surface area contributed by atoms with E-state index in [0.29, 0.717) is 17.4 Å². The molecule has 0 atom stereocenters. The summed E-state index contributed by atoms with van der Waals surface area (Å²) in [5, 5.41) is 9.78. The molecule has 5 heteroatoms. The Balaban J connectivity index is 2.11. The van der Waals surface area contributed by atoms with Crippen LogP contribution < -0.4 is 5.32 Å². The molecule has 0 saturated carbocycles. The predicted octanol–water partition coefficient (Wildman–Crippen LogP) is 2.61. The number of aromatic nitrogens is 3. The van der Waals surface area contributed by atoms with E-state index in [-0.39, 0.29) is 5.91 Å². The lowest BCUT2D eigenvalue weighted by molar-refractivity contribution is 0.101. The van der Waals surface area contributed by atoms with Crippen LogP contribution in [0.1, 0.15) is 42.9 Å². The van der Waals surface area contributed by atoms with Crippen molar-refractivity contribution in [3.8, 4) is 0 Å². The van der Waals surface area contributed by atoms with Gasteiger partial charge in [0.15, 0.2) is 5.82 Å². The Morgan fingerprint density at radius 3 is 2.94 bits per heavy atom. The van der Waals surface area contributed by atoms with E-state index in [1.807, 2.05) is 29.8 Å². The molecule has 0 fully saturated rings. The first kappa shape index (κ1) is 12.4. The minimum absolute atomic E-state index is 0.136. The third kappa shape index (κ3) is 2.45. The molecule has 5 nitrogen and oxygen atoms in total. The van der Waals surface area contributed by atoms with Crippen molar-refractivity contribution in [2.24, 2.45) is 0 Å². The van der Waals surface area contributed by atoms with Crippen LogP contribution in [0.2, 0.25) is 0 Å². The van der Waals surface area contributed by atoms with Crippen LogP contribution >= 0.6 is 0 Å². The van der Waals surface area contributed by atoms with Gasteiger partial charge in [-0.05, 0) is 25.0 Å². The van der Waals surface area contributed by atoms with Crippen LogP contribution in [0.3, 0.4) is 0 Å². The summed E-state index contributed by atoms with van der Waals surface area (Å²) in [7, 11) is 0. The normalized spacial score (nSPS) is 10.9. The van der Waals surface area contributed by atoms with Crippen molar-refractivity contribution >= 4 is 11.7 Å². The number of nitrogens with zero attached hydrogens (tertiary/aromatic N) is 2. The maximum Gasteiger partial charge on any atom is 0.273 e. The van der Waals surface area contributed by atoms with Gasteiger partial charge in [-0.15, -0.1) is 0 Å². The van der Waals surface area contributed by atoms with E-state index in [1.165, 1.54) is 0 Å². The van der Waals surface area contributed by atoms with Gasteiger partial charge in [0, 0.05) is 24.5 Å². The molecule has 0 aliphatic heterocycles. The molecule has 2 N–H and O–H groups in total. The smallest absolute Gasteiger partial charge is 0.273 e. The Bertz CT molecular complexity index is 539. The molecule has 2 rings (SSSR count). The molecule has 2 aromatic heterocycles. The van der Waals surface area contributed by atoms with E-state index in [0.717, 1.165) is 12.2 Å². The quantitative estimate of drug-likeness (QED) is 0.871. The number of hydrogen-bond donors (Lipinski definition) is 2. The van der Waals surface area contributed by atoms with Gasteiger partial charge in [-0.25, -0.2) is 0 Å². The molecule has 2 heterocycles. The predicted molar refractivity (Wildman–Crippen MR) is 70.7 cm³/mol. The van der Waals surface area contributed by atoms with E-state index in [4.69, 9.17) is 0 Å². The van der Waals surface area contributed by atoms with Crippen LogP contribution in [0.25, 0.3) is 0 Å². The fraction of sp³-hybridized carbons (Fsp3) is 0.385. The number of rotatable bonds is 4. The molecule has 0 aliphatic carbocycles. The Hall–Kier alpha value is -2.04. The molecule has 0 bridgehead atoms. The minimum Gasteiger partial charge on any atom is -0.344 e. The van der Waals surface area contributed by atoms with E-state index in [9.17, 15) is 4.79 Å². The molecule has 0 spiro atoms. The number of hydrogen-bond acceptors (Lipinski definition) is 2. The highest BCUT2D eigenvalue weighted by molar-refractivity contribution is 6.02. The fourth-order valence-electron chi connectivity index (χ4n) is 1.77. The van der Waals surface area contributed by atoms with Crippen molar-refractivity contribution in [3.63, 3.8) is 0 Å². The lowest BCUT2D eigenvalue weighted by atomic mass is 10.1. The second-order valence-electron chi connectivity index (χ2n) is 4.50. The molecule has 0 aromatic carbocycles. The van der Waals surface area contributed by atoms with Gasteiger partial charge in [0.05, 0.1) is 0 Å². The van der Waals surface area contributed by atoms with Crippen molar-refractivity contribution in [1.29, 1.82) is 0 Å². The molecule has 96 valence electrons. The van der Waals surface area contributed by atoms with Crippen molar-refractivity contribution in [2.75, 3.05) is 5.32 Å². The number of carbonyl (C=O) groups excluding carboxylic acids is 1. The summed E-state index contributed by atoms with van der Waals surface area (Å²) in [4.78, 5) is 12.0. The molecule has 18 heavy (non-hydrogen) atoms. The molecule has 0 radical (unpaired) electrons. The highest BCUT2D eigenvalue weighted by Gasteiger charge is 2.12. The maximum atomic E-state index is 12.0. The topological polar surface area (TPSA) is 62.7 Å². The molecular weight excluding hydrogens is 228 g/mol. The Morgan fingerprint density at radius 1 is 1.56 bits per heavy atom. The summed E-state index contributed by atoms with van der Waals surface area (Å²) >= 11 is 0. The van der Waals surface area contributed by atoms with Gasteiger partial charge in [-0.2, -0.15) is 5.10 Å². The number of H-pyrrole nitrogens is 1. The molecular formula is C13H18N4O. The van der Waals surface area contributed by atoms with E-state index >= 15 is 0 Å². The standard InChI is InChI=1S/C13H18N4O/c1-4-17-7-5-6-11(17)13(18)14-12-8-10(9(2)3)15-16-12/h5-9H,4H2,1-3H3,(H2,14,15,16,18). The van der Waals surface area contributed by atoms with E-state index in [2.05, 4.69) is 29.4 Å². The largest absolute Gasteiger partial charge is 0.344 e. The van der Waals surface area contributed by atoms with Crippen LogP contribution in [-0.4, -0.2) is 20.7 Å². The highest BCUT2D eigenvalue weighted by atomic mass is 16.2. The summed E-state index contributed by atoms with van der Waals surface area (Å²) in [5.41, 5.74) is 1.66. The fourth-order valence-corrected chi connectivity index (χ4v) is 1.77. The summed E-state index contributed by atoms with van der Waals surface area (Å²) in [6, 6.07) is 5.53. The number of carbonyl (C=O) groups is 1. The maximum absolute atomic E-state index is 12.0. The van der Waals surface area contributed by atoms with Gasteiger partial charge in [-0.1, -0.05) is 13.8 Å². The lowest BCUT2D eigenvalue weighted by Crippen LogP contribution is -2.16. The Morgan fingerprint density at radius 2 is 2.33 bits per heavy atom. The molecule has 0 unspecified atom stereocenters. The first-order valence-corrected chi connectivity index (χ1v) is 6.13. The second-order valence-corrected chi connectivity index (χ2v) is 4.50. The van der Waals surface area contributed by atoms with Gasteiger partial charge >= 0.3 is 0 Å². The summed E-state index contributed by atoms with van der Waals surface area (Å²) in [6.45, 7) is 6.92. The average Bonchev–Trinajstić information content (AvgIpc) is 2.96. The number of amides is 1. The average molecular weight is 246 g/mol. The zero-order valence-corrected chi connectivity index (χ0v) is 10.9. The summed E-state index contributed by atoms with van der Waals surface area (Å²) < 4.78 is 1.89. The highest BCUT2D eigenvalue weighted by Crippen LogP contribution is 2.15. The van der Waals surface area contributed by atoms with Crippen molar-refractivity contribution in [2.45, 2.75) is 33.2 Å². The number of aryl methyl sites for hydroxylation is 1. The summed E-state index contributed by atoms with van der Waals surface area (Å²) in [6.07, 6.45) is 1.89. The van der Waals surface area contributed by atoms with Crippen LogP contribution in [0.4, 0.5) is 5.82 Å².